The van der Waals surface area contributed by atoms with Crippen molar-refractivity contribution in [3.63, 3.8) is 0 Å². The van der Waals surface area contributed by atoms with Gasteiger partial charge in [-0.3, -0.25) is 4.68 Å². The molecule has 0 aliphatic carbocycles. The fraction of sp³-hybridized carbons (Fsp3) is 0.364. The lowest BCUT2D eigenvalue weighted by Crippen LogP contribution is -2.05. The minimum absolute atomic E-state index is 0.209. The molecule has 0 aromatic carbocycles. The first-order valence-electron chi connectivity index (χ1n) is 5.13. The fourth-order valence-electron chi connectivity index (χ4n) is 1.65. The van der Waals surface area contributed by atoms with Gasteiger partial charge in [0.25, 0.3) is 0 Å². The van der Waals surface area contributed by atoms with Crippen molar-refractivity contribution in [2.45, 2.75) is 26.8 Å². The second-order valence-electron chi connectivity index (χ2n) is 3.94. The zero-order valence-electron chi connectivity index (χ0n) is 9.52. The number of nitriles is 1. The maximum absolute atomic E-state index is 9.04. The lowest BCUT2D eigenvalue weighted by Gasteiger charge is -2.09. The Balaban J connectivity index is 2.62. The van der Waals surface area contributed by atoms with Crippen LogP contribution in [0.25, 0.3) is 11.4 Å². The molecule has 0 spiro atoms. The minimum atomic E-state index is 0.209. The summed E-state index contributed by atoms with van der Waals surface area (Å²) < 4.78 is 1.82. The van der Waals surface area contributed by atoms with E-state index in [-0.39, 0.29) is 6.04 Å². The topological polar surface area (TPSA) is 70.3 Å². The van der Waals surface area contributed by atoms with Crippen LogP contribution >= 0.6 is 0 Å². The molecule has 0 unspecified atom stereocenters. The molecular formula is C11H13N5. The first-order chi connectivity index (χ1) is 7.63. The van der Waals surface area contributed by atoms with Crippen LogP contribution in [0.4, 0.5) is 0 Å². The van der Waals surface area contributed by atoms with Crippen molar-refractivity contribution in [1.29, 1.82) is 5.26 Å². The van der Waals surface area contributed by atoms with Crippen molar-refractivity contribution in [1.82, 2.24) is 19.7 Å². The third kappa shape index (κ3) is 1.58. The molecule has 5 heteroatoms. The summed E-state index contributed by atoms with van der Waals surface area (Å²) in [5.74, 6) is 0.829. The number of H-pyrrole nitrogens is 1. The molecule has 82 valence electrons. The highest BCUT2D eigenvalue weighted by Gasteiger charge is 2.16. The number of aromatic nitrogens is 4. The molecule has 1 N–H and O–H groups in total. The molecule has 2 heterocycles. The molecule has 16 heavy (non-hydrogen) atoms. The average Bonchev–Trinajstić information content (AvgIpc) is 2.82. The number of aromatic amines is 1. The SMILES string of the molecule is Cc1ncc(-c2c(C#N)cnn2C(C)C)[nH]1. The maximum atomic E-state index is 9.04. The van der Waals surface area contributed by atoms with Crippen LogP contribution in [0.3, 0.4) is 0 Å². The molecule has 2 aromatic rings. The first kappa shape index (κ1) is 10.4. The van der Waals surface area contributed by atoms with Crippen LogP contribution in [0, 0.1) is 18.3 Å². The highest BCUT2D eigenvalue weighted by Crippen LogP contribution is 2.24. The molecule has 5 nitrogen and oxygen atoms in total. The molecule has 0 aliphatic heterocycles. The standard InChI is InChI=1S/C11H13N5/c1-7(2)16-11(9(4-12)5-14-16)10-6-13-8(3)15-10/h5-7H,1-3H3,(H,13,15). The zero-order valence-corrected chi connectivity index (χ0v) is 9.52. The van der Waals surface area contributed by atoms with Gasteiger partial charge in [0.15, 0.2) is 0 Å². The molecule has 0 saturated carbocycles. The lowest BCUT2D eigenvalue weighted by molar-refractivity contribution is 0.538. The summed E-state index contributed by atoms with van der Waals surface area (Å²) in [4.78, 5) is 7.27. The Morgan fingerprint density at radius 2 is 2.19 bits per heavy atom. The van der Waals surface area contributed by atoms with Gasteiger partial charge >= 0.3 is 0 Å². The van der Waals surface area contributed by atoms with E-state index in [1.807, 2.05) is 25.5 Å². The quantitative estimate of drug-likeness (QED) is 0.833. The Labute approximate surface area is 93.7 Å². The van der Waals surface area contributed by atoms with Gasteiger partial charge in [-0.1, -0.05) is 0 Å². The summed E-state index contributed by atoms with van der Waals surface area (Å²) >= 11 is 0. The van der Waals surface area contributed by atoms with Crippen molar-refractivity contribution < 1.29 is 0 Å². The van der Waals surface area contributed by atoms with E-state index in [1.165, 1.54) is 0 Å². The van der Waals surface area contributed by atoms with Crippen molar-refractivity contribution in [2.75, 3.05) is 0 Å². The molecule has 0 amide bonds. The number of hydrogen-bond acceptors (Lipinski definition) is 3. The molecule has 0 radical (unpaired) electrons. The van der Waals surface area contributed by atoms with Crippen LogP contribution in [0.2, 0.25) is 0 Å². The van der Waals surface area contributed by atoms with Gasteiger partial charge in [-0.25, -0.2) is 4.98 Å². The van der Waals surface area contributed by atoms with Gasteiger partial charge in [-0.05, 0) is 20.8 Å². The predicted molar refractivity (Wildman–Crippen MR) is 59.6 cm³/mol. The normalized spacial score (nSPS) is 10.7. The Hall–Kier alpha value is -2.09. The summed E-state index contributed by atoms with van der Waals surface area (Å²) in [5.41, 5.74) is 2.20. The second kappa shape index (κ2) is 3.81. The molecule has 2 rings (SSSR count). The number of nitrogens with one attached hydrogen (secondary N) is 1. The fourth-order valence-corrected chi connectivity index (χ4v) is 1.65. The van der Waals surface area contributed by atoms with Gasteiger partial charge < -0.3 is 4.98 Å². The van der Waals surface area contributed by atoms with E-state index in [9.17, 15) is 0 Å². The van der Waals surface area contributed by atoms with Crippen LogP contribution in [0.5, 0.6) is 0 Å². The number of rotatable bonds is 2. The summed E-state index contributed by atoms with van der Waals surface area (Å²) in [6.07, 6.45) is 3.32. The average molecular weight is 215 g/mol. The summed E-state index contributed by atoms with van der Waals surface area (Å²) in [7, 11) is 0. The van der Waals surface area contributed by atoms with Gasteiger partial charge in [0.1, 0.15) is 17.6 Å². The number of aryl methyl sites for hydroxylation is 1. The minimum Gasteiger partial charge on any atom is -0.341 e. The van der Waals surface area contributed by atoms with Gasteiger partial charge in [0.2, 0.25) is 0 Å². The van der Waals surface area contributed by atoms with Crippen LogP contribution in [0.1, 0.15) is 31.3 Å². The van der Waals surface area contributed by atoms with Crippen LogP contribution in [-0.2, 0) is 0 Å². The van der Waals surface area contributed by atoms with Crippen molar-refractivity contribution in [3.05, 3.63) is 23.8 Å². The van der Waals surface area contributed by atoms with Gasteiger partial charge in [-0.2, -0.15) is 10.4 Å². The highest BCUT2D eigenvalue weighted by molar-refractivity contribution is 5.62. The first-order valence-corrected chi connectivity index (χ1v) is 5.13. The van der Waals surface area contributed by atoms with E-state index < -0.39 is 0 Å². The van der Waals surface area contributed by atoms with E-state index >= 15 is 0 Å². The number of hydrogen-bond donors (Lipinski definition) is 1. The van der Waals surface area contributed by atoms with Crippen molar-refractivity contribution in [2.24, 2.45) is 0 Å². The maximum Gasteiger partial charge on any atom is 0.104 e. The molecular weight excluding hydrogens is 202 g/mol. The third-order valence-electron chi connectivity index (χ3n) is 2.36. The smallest absolute Gasteiger partial charge is 0.104 e. The Bertz CT molecular complexity index is 541. The van der Waals surface area contributed by atoms with E-state index in [0.717, 1.165) is 17.2 Å². The van der Waals surface area contributed by atoms with Gasteiger partial charge in [0, 0.05) is 6.04 Å². The number of imidazole rings is 1. The van der Waals surface area contributed by atoms with Crippen molar-refractivity contribution >= 4 is 0 Å². The largest absolute Gasteiger partial charge is 0.341 e. The third-order valence-corrected chi connectivity index (χ3v) is 2.36. The van der Waals surface area contributed by atoms with E-state index in [1.54, 1.807) is 12.4 Å². The van der Waals surface area contributed by atoms with Crippen LogP contribution in [-0.4, -0.2) is 19.7 Å². The molecule has 0 saturated heterocycles. The van der Waals surface area contributed by atoms with E-state index in [2.05, 4.69) is 21.1 Å². The molecule has 0 aliphatic rings. The lowest BCUT2D eigenvalue weighted by atomic mass is 10.2. The molecule has 0 fully saturated rings. The Morgan fingerprint density at radius 1 is 1.44 bits per heavy atom. The summed E-state index contributed by atoms with van der Waals surface area (Å²) in [5, 5.41) is 13.3. The second-order valence-corrected chi connectivity index (χ2v) is 3.94. The van der Waals surface area contributed by atoms with Gasteiger partial charge in [-0.15, -0.1) is 0 Å². The Kier molecular flexibility index (Phi) is 2.49. The van der Waals surface area contributed by atoms with E-state index in [4.69, 9.17) is 5.26 Å². The summed E-state index contributed by atoms with van der Waals surface area (Å²) in [6, 6.07) is 2.36. The predicted octanol–water partition coefficient (Wildman–Crippen LogP) is 2.03. The monoisotopic (exact) mass is 215 g/mol. The Morgan fingerprint density at radius 3 is 2.69 bits per heavy atom. The van der Waals surface area contributed by atoms with Crippen LogP contribution in [0.15, 0.2) is 12.4 Å². The molecule has 0 bridgehead atoms. The van der Waals surface area contributed by atoms with Crippen molar-refractivity contribution in [3.8, 4) is 17.5 Å². The number of nitrogens with zero attached hydrogens (tertiary/aromatic N) is 4. The van der Waals surface area contributed by atoms with E-state index in [0.29, 0.717) is 5.56 Å². The van der Waals surface area contributed by atoms with Gasteiger partial charge in [0.05, 0.1) is 23.7 Å². The molecule has 2 aromatic heterocycles. The highest BCUT2D eigenvalue weighted by atomic mass is 15.3. The van der Waals surface area contributed by atoms with Crippen LogP contribution < -0.4 is 0 Å². The summed E-state index contributed by atoms with van der Waals surface area (Å²) in [6.45, 7) is 5.94. The zero-order chi connectivity index (χ0) is 11.7. The molecule has 0 atom stereocenters.